The summed E-state index contributed by atoms with van der Waals surface area (Å²) in [6.45, 7) is 4.59. The van der Waals surface area contributed by atoms with Gasteiger partial charge in [0.25, 0.3) is 0 Å². The molecule has 1 amide bonds. The second kappa shape index (κ2) is 7.53. The molecule has 1 aliphatic heterocycles. The van der Waals surface area contributed by atoms with Crippen LogP contribution in [0.1, 0.15) is 18.1 Å². The lowest BCUT2D eigenvalue weighted by Gasteiger charge is -2.12. The number of fused-ring (bicyclic) bond motifs is 4. The Kier molecular flexibility index (Phi) is 4.71. The van der Waals surface area contributed by atoms with Crippen molar-refractivity contribution >= 4 is 34.2 Å². The lowest BCUT2D eigenvalue weighted by molar-refractivity contribution is -0.120. The first-order valence-electron chi connectivity index (χ1n) is 9.66. The molecular weight excluding hydrogens is 400 g/mol. The van der Waals surface area contributed by atoms with Crippen molar-refractivity contribution in [3.63, 3.8) is 0 Å². The smallest absolute Gasteiger partial charge is 0.233 e. The van der Waals surface area contributed by atoms with Crippen LogP contribution in [-0.4, -0.2) is 32.5 Å². The molecule has 0 saturated heterocycles. The Morgan fingerprint density at radius 3 is 2.90 bits per heavy atom. The number of amides is 1. The highest BCUT2D eigenvalue weighted by Crippen LogP contribution is 2.32. The maximum absolute atomic E-state index is 12.7. The molecule has 5 rings (SSSR count). The van der Waals surface area contributed by atoms with Crippen LogP contribution in [0, 0.1) is 6.92 Å². The van der Waals surface area contributed by atoms with Crippen molar-refractivity contribution < 1.29 is 14.3 Å². The predicted octanol–water partition coefficient (Wildman–Crippen LogP) is 3.72. The number of hydrogen-bond acceptors (Lipinski definition) is 6. The molecule has 2 aromatic carbocycles. The van der Waals surface area contributed by atoms with Crippen LogP contribution in [0.3, 0.4) is 0 Å². The van der Waals surface area contributed by atoms with Crippen LogP contribution in [-0.2, 0) is 11.3 Å². The van der Waals surface area contributed by atoms with Crippen molar-refractivity contribution in [1.29, 1.82) is 0 Å². The van der Waals surface area contributed by atoms with Crippen molar-refractivity contribution in [2.24, 2.45) is 0 Å². The summed E-state index contributed by atoms with van der Waals surface area (Å²) in [5.41, 5.74) is 3.92. The summed E-state index contributed by atoms with van der Waals surface area (Å²) in [6.07, 6.45) is 0. The summed E-state index contributed by atoms with van der Waals surface area (Å²) >= 11 is 1.40. The first kappa shape index (κ1) is 18.7. The molecule has 2 aromatic heterocycles. The van der Waals surface area contributed by atoms with E-state index in [1.807, 2.05) is 53.8 Å². The van der Waals surface area contributed by atoms with E-state index in [1.54, 1.807) is 0 Å². The molecule has 0 aliphatic carbocycles. The summed E-state index contributed by atoms with van der Waals surface area (Å²) < 4.78 is 12.7. The number of aryl methyl sites for hydroxylation is 1. The van der Waals surface area contributed by atoms with Crippen molar-refractivity contribution in [2.75, 3.05) is 6.79 Å². The molecule has 0 unspecified atom stereocenters. The summed E-state index contributed by atoms with van der Waals surface area (Å²) in [5.74, 6) is 1.38. The summed E-state index contributed by atoms with van der Waals surface area (Å²) in [6, 6.07) is 15.8. The molecule has 1 N–H and O–H groups in total. The second-order valence-electron chi connectivity index (χ2n) is 7.19. The Morgan fingerprint density at radius 2 is 2.00 bits per heavy atom. The van der Waals surface area contributed by atoms with Gasteiger partial charge in [-0.2, -0.15) is 0 Å². The Morgan fingerprint density at radius 1 is 1.17 bits per heavy atom. The molecule has 8 heteroatoms. The first-order valence-corrected chi connectivity index (χ1v) is 10.5. The van der Waals surface area contributed by atoms with E-state index < -0.39 is 0 Å². The first-order chi connectivity index (χ1) is 14.6. The van der Waals surface area contributed by atoms with Gasteiger partial charge in [0.05, 0.1) is 10.8 Å². The molecular formula is C22H20N4O3S. The standard InChI is InChI=1S/C22H20N4O3S/c1-13-9-20-24-25-22(26(20)17-6-4-3-5-16(13)17)30-14(2)21(27)23-11-15-7-8-18-19(10-15)29-12-28-18/h3-10,14H,11-12H2,1-2H3,(H,23,27)/t14-/m0/s1. The Bertz CT molecular complexity index is 1270. The van der Waals surface area contributed by atoms with E-state index in [1.165, 1.54) is 11.8 Å². The highest BCUT2D eigenvalue weighted by molar-refractivity contribution is 8.00. The zero-order valence-electron chi connectivity index (χ0n) is 16.6. The summed E-state index contributed by atoms with van der Waals surface area (Å²) in [4.78, 5) is 12.7. The number of carbonyl (C=O) groups is 1. The fourth-order valence-corrected chi connectivity index (χ4v) is 4.44. The number of ether oxygens (including phenoxy) is 2. The largest absolute Gasteiger partial charge is 0.454 e. The van der Waals surface area contributed by atoms with Crippen LogP contribution in [0.25, 0.3) is 16.6 Å². The third-order valence-electron chi connectivity index (χ3n) is 5.13. The van der Waals surface area contributed by atoms with E-state index in [-0.39, 0.29) is 18.0 Å². The van der Waals surface area contributed by atoms with E-state index >= 15 is 0 Å². The van der Waals surface area contributed by atoms with E-state index in [4.69, 9.17) is 9.47 Å². The molecule has 0 spiro atoms. The zero-order valence-corrected chi connectivity index (χ0v) is 17.4. The quantitative estimate of drug-likeness (QED) is 0.496. The number of pyridine rings is 1. The van der Waals surface area contributed by atoms with Crippen LogP contribution < -0.4 is 14.8 Å². The zero-order chi connectivity index (χ0) is 20.7. The lowest BCUT2D eigenvalue weighted by Crippen LogP contribution is -2.30. The number of hydrogen-bond donors (Lipinski definition) is 1. The van der Waals surface area contributed by atoms with E-state index in [0.29, 0.717) is 17.5 Å². The molecule has 152 valence electrons. The number of benzene rings is 2. The number of nitrogens with zero attached hydrogens (tertiary/aromatic N) is 3. The van der Waals surface area contributed by atoms with Gasteiger partial charge >= 0.3 is 0 Å². The predicted molar refractivity (Wildman–Crippen MR) is 115 cm³/mol. The fraction of sp³-hybridized carbons (Fsp3) is 0.227. The van der Waals surface area contributed by atoms with E-state index in [2.05, 4.69) is 28.5 Å². The normalized spacial score (nSPS) is 13.7. The molecule has 4 aromatic rings. The fourth-order valence-electron chi connectivity index (χ4n) is 3.55. The maximum Gasteiger partial charge on any atom is 0.233 e. The average molecular weight is 420 g/mol. The van der Waals surface area contributed by atoms with Crippen LogP contribution in [0.4, 0.5) is 0 Å². The maximum atomic E-state index is 12.7. The number of rotatable bonds is 5. The van der Waals surface area contributed by atoms with Gasteiger partial charge in [0.1, 0.15) is 0 Å². The van der Waals surface area contributed by atoms with Crippen molar-refractivity contribution in [3.8, 4) is 11.5 Å². The van der Waals surface area contributed by atoms with Gasteiger partial charge in [-0.05, 0) is 49.2 Å². The molecule has 30 heavy (non-hydrogen) atoms. The van der Waals surface area contributed by atoms with E-state index in [9.17, 15) is 4.79 Å². The van der Waals surface area contributed by atoms with Crippen molar-refractivity contribution in [2.45, 2.75) is 30.8 Å². The topological polar surface area (TPSA) is 77.8 Å². The molecule has 0 radical (unpaired) electrons. The number of nitrogens with one attached hydrogen (secondary N) is 1. The third-order valence-corrected chi connectivity index (χ3v) is 6.17. The molecule has 0 saturated carbocycles. The molecule has 0 fully saturated rings. The highest BCUT2D eigenvalue weighted by Gasteiger charge is 2.20. The van der Waals surface area contributed by atoms with Crippen LogP contribution in [0.5, 0.6) is 11.5 Å². The monoisotopic (exact) mass is 420 g/mol. The minimum atomic E-state index is -0.327. The summed E-state index contributed by atoms with van der Waals surface area (Å²) in [5, 5.41) is 13.1. The van der Waals surface area contributed by atoms with E-state index in [0.717, 1.165) is 33.4 Å². The van der Waals surface area contributed by atoms with Gasteiger partial charge in [-0.1, -0.05) is 36.0 Å². The number of thioether (sulfide) groups is 1. The summed E-state index contributed by atoms with van der Waals surface area (Å²) in [7, 11) is 0. The highest BCUT2D eigenvalue weighted by atomic mass is 32.2. The van der Waals surface area contributed by atoms with Gasteiger partial charge in [-0.3, -0.25) is 9.20 Å². The second-order valence-corrected chi connectivity index (χ2v) is 8.49. The van der Waals surface area contributed by atoms with Gasteiger partial charge in [0.2, 0.25) is 12.7 Å². The van der Waals surface area contributed by atoms with Crippen molar-refractivity contribution in [1.82, 2.24) is 19.9 Å². The van der Waals surface area contributed by atoms with Gasteiger partial charge in [-0.15, -0.1) is 10.2 Å². The Labute approximate surface area is 177 Å². The van der Waals surface area contributed by atoms with Gasteiger partial charge in [0, 0.05) is 11.9 Å². The molecule has 3 heterocycles. The van der Waals surface area contributed by atoms with Gasteiger partial charge in [0.15, 0.2) is 22.3 Å². The Hall–Kier alpha value is -3.26. The average Bonchev–Trinajstić information content (AvgIpc) is 3.38. The lowest BCUT2D eigenvalue weighted by atomic mass is 10.1. The van der Waals surface area contributed by atoms with Crippen LogP contribution in [0.15, 0.2) is 53.7 Å². The number of carbonyl (C=O) groups excluding carboxylic acids is 1. The van der Waals surface area contributed by atoms with Gasteiger partial charge < -0.3 is 14.8 Å². The minimum Gasteiger partial charge on any atom is -0.454 e. The number of aromatic nitrogens is 3. The molecule has 1 aliphatic rings. The third kappa shape index (κ3) is 3.33. The molecule has 1 atom stereocenters. The Balaban J connectivity index is 1.32. The molecule has 7 nitrogen and oxygen atoms in total. The van der Waals surface area contributed by atoms with Crippen LogP contribution in [0.2, 0.25) is 0 Å². The van der Waals surface area contributed by atoms with Crippen LogP contribution >= 0.6 is 11.8 Å². The SMILES string of the molecule is Cc1cc2nnc(S[C@@H](C)C(=O)NCc3ccc4c(c3)OCO4)n2c2ccccc12. The number of para-hydroxylation sites is 1. The van der Waals surface area contributed by atoms with Gasteiger partial charge in [-0.25, -0.2) is 0 Å². The van der Waals surface area contributed by atoms with Crippen molar-refractivity contribution in [3.05, 3.63) is 59.7 Å². The minimum absolute atomic E-state index is 0.0640. The molecule has 0 bridgehead atoms.